The van der Waals surface area contributed by atoms with Crippen LogP contribution in [0.3, 0.4) is 0 Å². The second-order valence-electron chi connectivity index (χ2n) is 5.92. The zero-order valence-electron chi connectivity index (χ0n) is 13.7. The fourth-order valence-electron chi connectivity index (χ4n) is 2.63. The van der Waals surface area contributed by atoms with Gasteiger partial charge in [-0.1, -0.05) is 35.4 Å². The lowest BCUT2D eigenvalue weighted by Gasteiger charge is -2.08. The minimum absolute atomic E-state index is 0.0933. The van der Waals surface area contributed by atoms with Gasteiger partial charge in [-0.2, -0.15) is 0 Å². The number of aliphatic carboxylic acids is 1. The first-order valence-corrected chi connectivity index (χ1v) is 7.71. The van der Waals surface area contributed by atoms with Gasteiger partial charge in [0.05, 0.1) is 6.42 Å². The average Bonchev–Trinajstić information content (AvgIpc) is 2.47. The third-order valence-electron chi connectivity index (χ3n) is 3.60. The second kappa shape index (κ2) is 7.73. The highest BCUT2D eigenvalue weighted by Gasteiger charge is 2.09. The lowest BCUT2D eigenvalue weighted by Crippen LogP contribution is -2.13. The Balaban J connectivity index is 1.94. The Morgan fingerprint density at radius 3 is 2.33 bits per heavy atom. The number of carboxylic acids is 1. The van der Waals surface area contributed by atoms with Crippen molar-refractivity contribution in [1.82, 2.24) is 0 Å². The predicted octanol–water partition coefficient (Wildman–Crippen LogP) is 3.64. The smallest absolute Gasteiger partial charge is 0.307 e. The number of anilines is 1. The summed E-state index contributed by atoms with van der Waals surface area (Å²) >= 11 is 0. The molecule has 2 aromatic rings. The first-order chi connectivity index (χ1) is 11.3. The monoisotopic (exact) mass is 329 g/mol. The number of nitrogens with one attached hydrogen (secondary N) is 1. The van der Waals surface area contributed by atoms with Gasteiger partial charge in [0.2, 0.25) is 5.91 Å². The van der Waals surface area contributed by atoms with Crippen LogP contribution in [0.15, 0.2) is 36.4 Å². The minimum Gasteiger partial charge on any atom is -0.481 e. The number of carbonyl (C=O) groups is 2. The first-order valence-electron chi connectivity index (χ1n) is 7.71. The van der Waals surface area contributed by atoms with Crippen molar-refractivity contribution in [2.45, 2.75) is 33.1 Å². The maximum absolute atomic E-state index is 13.8. The molecular weight excluding hydrogens is 309 g/mol. The average molecular weight is 329 g/mol. The lowest BCUT2D eigenvalue weighted by molar-refractivity contribution is -0.136. The summed E-state index contributed by atoms with van der Waals surface area (Å²) in [6.45, 7) is 4.02. The van der Waals surface area contributed by atoms with Crippen LogP contribution in [0.1, 0.15) is 28.7 Å². The number of carboxylic acid groups (broad SMARTS) is 1. The van der Waals surface area contributed by atoms with E-state index in [1.54, 1.807) is 0 Å². The zero-order valence-corrected chi connectivity index (χ0v) is 13.7. The molecule has 0 radical (unpaired) electrons. The molecule has 0 bridgehead atoms. The molecule has 2 N–H and O–H groups in total. The van der Waals surface area contributed by atoms with Crippen molar-refractivity contribution in [3.05, 3.63) is 64.5 Å². The van der Waals surface area contributed by atoms with E-state index >= 15 is 0 Å². The molecule has 0 atom stereocenters. The number of carbonyl (C=O) groups excluding carboxylic acids is 1. The summed E-state index contributed by atoms with van der Waals surface area (Å²) in [7, 11) is 0. The van der Waals surface area contributed by atoms with E-state index in [-0.39, 0.29) is 17.9 Å². The van der Waals surface area contributed by atoms with Crippen molar-refractivity contribution in [3.63, 3.8) is 0 Å². The molecule has 0 aliphatic heterocycles. The molecule has 0 saturated heterocycles. The third-order valence-corrected chi connectivity index (χ3v) is 3.60. The maximum Gasteiger partial charge on any atom is 0.307 e. The molecule has 0 aliphatic carbocycles. The summed E-state index contributed by atoms with van der Waals surface area (Å²) in [6.07, 6.45) is 0.516. The van der Waals surface area contributed by atoms with Gasteiger partial charge in [-0.3, -0.25) is 9.59 Å². The number of hydrogen-bond donors (Lipinski definition) is 2. The normalized spacial score (nSPS) is 10.5. The molecule has 1 amide bonds. The number of amides is 1. The van der Waals surface area contributed by atoms with Crippen LogP contribution in [-0.2, 0) is 22.4 Å². The zero-order chi connectivity index (χ0) is 17.7. The van der Waals surface area contributed by atoms with Crippen molar-refractivity contribution >= 4 is 17.6 Å². The quantitative estimate of drug-likeness (QED) is 0.850. The number of rotatable bonds is 6. The van der Waals surface area contributed by atoms with Crippen LogP contribution in [0.25, 0.3) is 0 Å². The fourth-order valence-corrected chi connectivity index (χ4v) is 2.63. The molecule has 126 valence electrons. The molecule has 0 heterocycles. The molecule has 2 rings (SSSR count). The van der Waals surface area contributed by atoms with E-state index in [2.05, 4.69) is 11.4 Å². The van der Waals surface area contributed by atoms with Crippen LogP contribution in [0.5, 0.6) is 0 Å². The molecule has 4 nitrogen and oxygen atoms in total. The van der Waals surface area contributed by atoms with E-state index in [0.717, 1.165) is 22.8 Å². The van der Waals surface area contributed by atoms with Gasteiger partial charge in [0.15, 0.2) is 0 Å². The van der Waals surface area contributed by atoms with Crippen LogP contribution < -0.4 is 5.32 Å². The summed E-state index contributed by atoms with van der Waals surface area (Å²) in [6, 6.07) is 10.2. The molecule has 24 heavy (non-hydrogen) atoms. The van der Waals surface area contributed by atoms with Crippen molar-refractivity contribution in [3.8, 4) is 0 Å². The van der Waals surface area contributed by atoms with Crippen LogP contribution >= 0.6 is 0 Å². The molecule has 0 saturated carbocycles. The molecule has 0 spiro atoms. The van der Waals surface area contributed by atoms with Gasteiger partial charge in [0, 0.05) is 12.1 Å². The van der Waals surface area contributed by atoms with E-state index < -0.39 is 11.8 Å². The van der Waals surface area contributed by atoms with E-state index in [4.69, 9.17) is 5.11 Å². The van der Waals surface area contributed by atoms with Crippen molar-refractivity contribution < 1.29 is 19.1 Å². The van der Waals surface area contributed by atoms with Crippen LogP contribution in [0.2, 0.25) is 0 Å². The minimum atomic E-state index is -1.10. The number of halogens is 1. The summed E-state index contributed by atoms with van der Waals surface area (Å²) in [5, 5.41) is 11.3. The fraction of sp³-hybridized carbons (Fsp3) is 0.263. The largest absolute Gasteiger partial charge is 0.481 e. The van der Waals surface area contributed by atoms with Crippen molar-refractivity contribution in [1.29, 1.82) is 0 Å². The second-order valence-corrected chi connectivity index (χ2v) is 5.92. The highest BCUT2D eigenvalue weighted by Crippen LogP contribution is 2.16. The Morgan fingerprint density at radius 1 is 1.08 bits per heavy atom. The SMILES string of the molecule is Cc1cc(C)cc(CCC(=O)Nc2ccc(CC(=O)O)c(F)c2)c1. The van der Waals surface area contributed by atoms with Crippen LogP contribution in [0, 0.1) is 19.7 Å². The Kier molecular flexibility index (Phi) is 5.68. The summed E-state index contributed by atoms with van der Waals surface area (Å²) in [5.74, 6) is -1.94. The Hall–Kier alpha value is -2.69. The molecule has 0 aliphatic rings. The molecule has 0 unspecified atom stereocenters. The number of aryl methyl sites for hydroxylation is 3. The Morgan fingerprint density at radius 2 is 1.75 bits per heavy atom. The lowest BCUT2D eigenvalue weighted by atomic mass is 10.0. The van der Waals surface area contributed by atoms with Gasteiger partial charge in [-0.15, -0.1) is 0 Å². The Bertz CT molecular complexity index is 751. The summed E-state index contributed by atoms with van der Waals surface area (Å²) < 4.78 is 13.8. The van der Waals surface area contributed by atoms with Crippen molar-refractivity contribution in [2.24, 2.45) is 0 Å². The number of hydrogen-bond acceptors (Lipinski definition) is 2. The first kappa shape index (κ1) is 17.7. The van der Waals surface area contributed by atoms with Crippen molar-refractivity contribution in [2.75, 3.05) is 5.32 Å². The standard InChI is InChI=1S/C19H20FNO3/c1-12-7-13(2)9-14(8-12)3-6-18(22)21-16-5-4-15(10-19(23)24)17(20)11-16/h4-5,7-9,11H,3,6,10H2,1-2H3,(H,21,22)(H,23,24). The summed E-state index contributed by atoms with van der Waals surface area (Å²) in [5.41, 5.74) is 3.82. The van der Waals surface area contributed by atoms with Gasteiger partial charge in [0.25, 0.3) is 0 Å². The van der Waals surface area contributed by atoms with Gasteiger partial charge < -0.3 is 10.4 Å². The predicted molar refractivity (Wildman–Crippen MR) is 90.6 cm³/mol. The molecule has 2 aromatic carbocycles. The van der Waals surface area contributed by atoms with Gasteiger partial charge >= 0.3 is 5.97 Å². The molecule has 0 aromatic heterocycles. The molecule has 0 fully saturated rings. The van der Waals surface area contributed by atoms with Crippen LogP contribution in [-0.4, -0.2) is 17.0 Å². The molecular formula is C19H20FNO3. The van der Waals surface area contributed by atoms with Gasteiger partial charge in [0.1, 0.15) is 5.82 Å². The highest BCUT2D eigenvalue weighted by molar-refractivity contribution is 5.90. The summed E-state index contributed by atoms with van der Waals surface area (Å²) in [4.78, 5) is 22.6. The van der Waals surface area contributed by atoms with Gasteiger partial charge in [-0.05, 0) is 43.5 Å². The maximum atomic E-state index is 13.8. The Labute approximate surface area is 140 Å². The molecule has 5 heteroatoms. The van der Waals surface area contributed by atoms with E-state index in [9.17, 15) is 14.0 Å². The highest BCUT2D eigenvalue weighted by atomic mass is 19.1. The van der Waals surface area contributed by atoms with Crippen LogP contribution in [0.4, 0.5) is 10.1 Å². The van der Waals surface area contributed by atoms with E-state index in [1.165, 1.54) is 12.1 Å². The third kappa shape index (κ3) is 5.19. The van der Waals surface area contributed by atoms with E-state index in [0.29, 0.717) is 18.5 Å². The number of benzene rings is 2. The topological polar surface area (TPSA) is 66.4 Å². The van der Waals surface area contributed by atoms with Gasteiger partial charge in [-0.25, -0.2) is 4.39 Å². The van der Waals surface area contributed by atoms with E-state index in [1.807, 2.05) is 26.0 Å².